The van der Waals surface area contributed by atoms with E-state index in [1.165, 1.54) is 6.42 Å². The van der Waals surface area contributed by atoms with Crippen molar-refractivity contribution >= 4 is 11.8 Å². The summed E-state index contributed by atoms with van der Waals surface area (Å²) < 4.78 is 0. The van der Waals surface area contributed by atoms with Gasteiger partial charge in [-0.2, -0.15) is 0 Å². The predicted octanol–water partition coefficient (Wildman–Crippen LogP) is 2.14. The highest BCUT2D eigenvalue weighted by Gasteiger charge is 2.21. The van der Waals surface area contributed by atoms with Gasteiger partial charge in [0.2, 0.25) is 11.8 Å². The molecule has 1 fully saturated rings. The Balaban J connectivity index is 2.40. The second-order valence-corrected chi connectivity index (χ2v) is 6.20. The molecule has 0 saturated carbocycles. The quantitative estimate of drug-likeness (QED) is 0.766. The van der Waals surface area contributed by atoms with Crippen molar-refractivity contribution in [1.29, 1.82) is 0 Å². The highest BCUT2D eigenvalue weighted by Crippen LogP contribution is 2.16. The molecule has 1 aliphatic rings. The third-order valence-electron chi connectivity index (χ3n) is 3.64. The number of hydrogen-bond donors (Lipinski definition) is 0. The Morgan fingerprint density at radius 1 is 1.37 bits per heavy atom. The Kier molecular flexibility index (Phi) is 6.32. The van der Waals surface area contributed by atoms with Crippen molar-refractivity contribution in [1.82, 2.24) is 9.80 Å². The van der Waals surface area contributed by atoms with E-state index in [1.807, 2.05) is 4.90 Å². The number of carbonyl (C=O) groups is 2. The van der Waals surface area contributed by atoms with E-state index in [2.05, 4.69) is 20.8 Å². The van der Waals surface area contributed by atoms with Crippen LogP contribution < -0.4 is 0 Å². The fraction of sp³-hybridized carbons (Fsp3) is 0.867. The van der Waals surface area contributed by atoms with Gasteiger partial charge in [-0.1, -0.05) is 20.8 Å². The third-order valence-corrected chi connectivity index (χ3v) is 3.64. The van der Waals surface area contributed by atoms with Crippen LogP contribution in [0, 0.1) is 11.8 Å². The number of hydrogen-bond acceptors (Lipinski definition) is 2. The molecule has 1 saturated heterocycles. The third kappa shape index (κ3) is 5.62. The van der Waals surface area contributed by atoms with Gasteiger partial charge in [0.1, 0.15) is 0 Å². The maximum atomic E-state index is 12.1. The minimum absolute atomic E-state index is 0.0634. The Morgan fingerprint density at radius 3 is 2.58 bits per heavy atom. The van der Waals surface area contributed by atoms with Crippen LogP contribution in [0.5, 0.6) is 0 Å². The van der Waals surface area contributed by atoms with Crippen LogP contribution in [0.4, 0.5) is 0 Å². The van der Waals surface area contributed by atoms with E-state index in [1.54, 1.807) is 11.8 Å². The van der Waals surface area contributed by atoms with Crippen molar-refractivity contribution in [2.75, 3.05) is 26.2 Å². The number of carbonyl (C=O) groups excluding carboxylic acids is 2. The topological polar surface area (TPSA) is 40.6 Å². The van der Waals surface area contributed by atoms with Crippen LogP contribution >= 0.6 is 0 Å². The van der Waals surface area contributed by atoms with E-state index in [0.717, 1.165) is 26.1 Å². The van der Waals surface area contributed by atoms with E-state index in [9.17, 15) is 9.59 Å². The van der Waals surface area contributed by atoms with Gasteiger partial charge in [0.25, 0.3) is 0 Å². The molecule has 0 aromatic rings. The first-order valence-electron chi connectivity index (χ1n) is 7.43. The van der Waals surface area contributed by atoms with E-state index in [0.29, 0.717) is 24.8 Å². The summed E-state index contributed by atoms with van der Waals surface area (Å²) in [5.74, 6) is 1.31. The van der Waals surface area contributed by atoms with Crippen molar-refractivity contribution in [3.8, 4) is 0 Å². The Morgan fingerprint density at radius 2 is 2.05 bits per heavy atom. The molecule has 110 valence electrons. The SMILES string of the molecule is CC(=O)N(CCC(=O)N1CCCC(C)C1)CC(C)C. The molecule has 1 atom stereocenters. The lowest BCUT2D eigenvalue weighted by atomic mass is 10.00. The first kappa shape index (κ1) is 16.0. The molecule has 0 spiro atoms. The first-order chi connectivity index (χ1) is 8.90. The van der Waals surface area contributed by atoms with Gasteiger partial charge in [-0.3, -0.25) is 9.59 Å². The molecule has 1 heterocycles. The number of nitrogens with zero attached hydrogens (tertiary/aromatic N) is 2. The van der Waals surface area contributed by atoms with E-state index >= 15 is 0 Å². The van der Waals surface area contributed by atoms with Crippen LogP contribution in [0.25, 0.3) is 0 Å². The molecular weight excluding hydrogens is 240 g/mol. The summed E-state index contributed by atoms with van der Waals surface area (Å²) in [4.78, 5) is 27.4. The zero-order chi connectivity index (χ0) is 14.4. The van der Waals surface area contributed by atoms with Gasteiger partial charge in [-0.05, 0) is 24.7 Å². The fourth-order valence-corrected chi connectivity index (χ4v) is 2.62. The second kappa shape index (κ2) is 7.51. The molecule has 1 rings (SSSR count). The lowest BCUT2D eigenvalue weighted by Gasteiger charge is -2.32. The van der Waals surface area contributed by atoms with Crippen molar-refractivity contribution < 1.29 is 9.59 Å². The lowest BCUT2D eigenvalue weighted by Crippen LogP contribution is -2.41. The van der Waals surface area contributed by atoms with E-state index < -0.39 is 0 Å². The molecule has 0 aliphatic carbocycles. The van der Waals surface area contributed by atoms with Crippen molar-refractivity contribution in [2.24, 2.45) is 11.8 Å². The molecule has 0 radical (unpaired) electrons. The predicted molar refractivity (Wildman–Crippen MR) is 76.7 cm³/mol. The van der Waals surface area contributed by atoms with Crippen LogP contribution in [-0.2, 0) is 9.59 Å². The van der Waals surface area contributed by atoms with Gasteiger partial charge in [0.05, 0.1) is 0 Å². The summed E-state index contributed by atoms with van der Waals surface area (Å²) in [6.45, 7) is 11.0. The summed E-state index contributed by atoms with van der Waals surface area (Å²) >= 11 is 0. The average molecular weight is 268 g/mol. The monoisotopic (exact) mass is 268 g/mol. The molecule has 0 aromatic heterocycles. The summed E-state index contributed by atoms with van der Waals surface area (Å²) in [6, 6.07) is 0. The molecule has 19 heavy (non-hydrogen) atoms. The largest absolute Gasteiger partial charge is 0.342 e. The summed E-state index contributed by atoms with van der Waals surface area (Å²) in [5.41, 5.74) is 0. The number of rotatable bonds is 5. The maximum Gasteiger partial charge on any atom is 0.224 e. The Bertz CT molecular complexity index is 315. The van der Waals surface area contributed by atoms with Gasteiger partial charge in [0, 0.05) is 39.5 Å². The molecule has 0 bridgehead atoms. The van der Waals surface area contributed by atoms with Gasteiger partial charge in [0.15, 0.2) is 0 Å². The standard InChI is InChI=1S/C15H28N2O2/c1-12(2)10-16(14(4)18)9-7-15(19)17-8-5-6-13(3)11-17/h12-13H,5-11H2,1-4H3. The summed E-state index contributed by atoms with van der Waals surface area (Å²) in [5, 5.41) is 0. The molecule has 0 N–H and O–H groups in total. The van der Waals surface area contributed by atoms with Crippen LogP contribution in [0.1, 0.15) is 47.0 Å². The first-order valence-corrected chi connectivity index (χ1v) is 7.43. The van der Waals surface area contributed by atoms with Crippen LogP contribution in [0.15, 0.2) is 0 Å². The number of likely N-dealkylation sites (tertiary alicyclic amines) is 1. The van der Waals surface area contributed by atoms with Gasteiger partial charge in [-0.25, -0.2) is 0 Å². The average Bonchev–Trinajstić information content (AvgIpc) is 2.33. The number of amides is 2. The minimum Gasteiger partial charge on any atom is -0.342 e. The summed E-state index contributed by atoms with van der Waals surface area (Å²) in [7, 11) is 0. The zero-order valence-electron chi connectivity index (χ0n) is 12.8. The van der Waals surface area contributed by atoms with E-state index in [4.69, 9.17) is 0 Å². The van der Waals surface area contributed by atoms with Gasteiger partial charge >= 0.3 is 0 Å². The van der Waals surface area contributed by atoms with Crippen molar-refractivity contribution in [2.45, 2.75) is 47.0 Å². The molecule has 4 nitrogen and oxygen atoms in total. The van der Waals surface area contributed by atoms with Crippen molar-refractivity contribution in [3.05, 3.63) is 0 Å². The molecule has 1 unspecified atom stereocenters. The van der Waals surface area contributed by atoms with Crippen LogP contribution in [0.2, 0.25) is 0 Å². The highest BCUT2D eigenvalue weighted by atomic mass is 16.2. The van der Waals surface area contributed by atoms with Crippen molar-refractivity contribution in [3.63, 3.8) is 0 Å². The number of piperidine rings is 1. The van der Waals surface area contributed by atoms with Gasteiger partial charge < -0.3 is 9.80 Å². The summed E-state index contributed by atoms with van der Waals surface area (Å²) in [6.07, 6.45) is 2.78. The Hall–Kier alpha value is -1.06. The molecule has 1 aliphatic heterocycles. The van der Waals surface area contributed by atoms with E-state index in [-0.39, 0.29) is 11.8 Å². The molecule has 4 heteroatoms. The fourth-order valence-electron chi connectivity index (χ4n) is 2.62. The second-order valence-electron chi connectivity index (χ2n) is 6.20. The maximum absolute atomic E-state index is 12.1. The lowest BCUT2D eigenvalue weighted by molar-refractivity contribution is -0.135. The van der Waals surface area contributed by atoms with Gasteiger partial charge in [-0.15, -0.1) is 0 Å². The Labute approximate surface area is 117 Å². The van der Waals surface area contributed by atoms with Crippen LogP contribution in [-0.4, -0.2) is 47.8 Å². The van der Waals surface area contributed by atoms with Crippen LogP contribution in [0.3, 0.4) is 0 Å². The molecule has 2 amide bonds. The minimum atomic E-state index is 0.0634. The zero-order valence-corrected chi connectivity index (χ0v) is 12.8. The molecular formula is C15H28N2O2. The smallest absolute Gasteiger partial charge is 0.224 e. The normalized spacial score (nSPS) is 19.6. The molecule has 0 aromatic carbocycles. The highest BCUT2D eigenvalue weighted by molar-refractivity contribution is 5.78.